The van der Waals surface area contributed by atoms with Crippen molar-refractivity contribution in [1.82, 2.24) is 5.32 Å². The lowest BCUT2D eigenvalue weighted by Crippen LogP contribution is -2.20. The van der Waals surface area contributed by atoms with Gasteiger partial charge in [-0.15, -0.1) is 11.3 Å². The third-order valence-electron chi connectivity index (χ3n) is 2.49. The predicted octanol–water partition coefficient (Wildman–Crippen LogP) is 3.39. The highest BCUT2D eigenvalue weighted by Gasteiger charge is 1.97. The second kappa shape index (κ2) is 6.17. The summed E-state index contributed by atoms with van der Waals surface area (Å²) in [6.45, 7) is 2.61. The van der Waals surface area contributed by atoms with Crippen molar-refractivity contribution in [3.63, 3.8) is 0 Å². The van der Waals surface area contributed by atoms with Crippen molar-refractivity contribution >= 4 is 23.3 Å². The fourth-order valence-electron chi connectivity index (χ4n) is 1.61. The van der Waals surface area contributed by atoms with Gasteiger partial charge in [0.1, 0.15) is 0 Å². The van der Waals surface area contributed by atoms with Gasteiger partial charge >= 0.3 is 0 Å². The fourth-order valence-corrected chi connectivity index (χ4v) is 2.23. The number of hydrogen-bond acceptors (Lipinski definition) is 2. The van der Waals surface area contributed by atoms with Crippen molar-refractivity contribution < 1.29 is 4.79 Å². The monoisotopic (exact) mass is 257 g/mol. The van der Waals surface area contributed by atoms with Gasteiger partial charge in [-0.2, -0.15) is 0 Å². The molecule has 0 radical (unpaired) electrons. The Kier molecular flexibility index (Phi) is 4.31. The van der Waals surface area contributed by atoms with E-state index < -0.39 is 0 Å². The number of carbonyl (C=O) groups is 1. The van der Waals surface area contributed by atoms with E-state index in [9.17, 15) is 4.79 Å². The molecule has 1 N–H and O–H groups in total. The van der Waals surface area contributed by atoms with E-state index >= 15 is 0 Å². The summed E-state index contributed by atoms with van der Waals surface area (Å²) in [5.41, 5.74) is 2.32. The van der Waals surface area contributed by atoms with Gasteiger partial charge in [-0.1, -0.05) is 35.9 Å². The molecule has 3 heteroatoms. The highest BCUT2D eigenvalue weighted by atomic mass is 32.1. The van der Waals surface area contributed by atoms with E-state index in [-0.39, 0.29) is 5.91 Å². The average molecular weight is 257 g/mol. The summed E-state index contributed by atoms with van der Waals surface area (Å²) in [5.74, 6) is -0.0649. The molecule has 0 unspecified atom stereocenters. The standard InChI is InChI=1S/C15H15NOS/c1-12-4-2-5-13(10-12)11-16-15(17)8-7-14-6-3-9-18-14/h2-10H,11H2,1H3,(H,16,17)/b8-7+. The molecule has 1 aromatic heterocycles. The van der Waals surface area contributed by atoms with Gasteiger partial charge in [0.15, 0.2) is 0 Å². The lowest BCUT2D eigenvalue weighted by atomic mass is 10.1. The topological polar surface area (TPSA) is 29.1 Å². The van der Waals surface area contributed by atoms with E-state index in [1.165, 1.54) is 5.56 Å². The molecule has 1 heterocycles. The summed E-state index contributed by atoms with van der Waals surface area (Å²) < 4.78 is 0. The molecule has 0 atom stereocenters. The van der Waals surface area contributed by atoms with Gasteiger partial charge in [-0.05, 0) is 30.0 Å². The first kappa shape index (κ1) is 12.6. The van der Waals surface area contributed by atoms with Crippen LogP contribution in [0.15, 0.2) is 47.9 Å². The van der Waals surface area contributed by atoms with Crippen LogP contribution in [0, 0.1) is 6.92 Å². The Bertz CT molecular complexity index is 543. The third-order valence-corrected chi connectivity index (χ3v) is 3.33. The highest BCUT2D eigenvalue weighted by Crippen LogP contribution is 2.10. The van der Waals surface area contributed by atoms with Gasteiger partial charge in [-0.25, -0.2) is 0 Å². The Balaban J connectivity index is 1.85. The normalized spacial score (nSPS) is 10.7. The first-order valence-electron chi connectivity index (χ1n) is 5.79. The number of aryl methyl sites for hydroxylation is 1. The predicted molar refractivity (Wildman–Crippen MR) is 76.4 cm³/mol. The molecule has 2 aromatic rings. The second-order valence-corrected chi connectivity index (χ2v) is 5.03. The van der Waals surface area contributed by atoms with Gasteiger partial charge in [0.2, 0.25) is 5.91 Å². The van der Waals surface area contributed by atoms with E-state index in [2.05, 4.69) is 11.4 Å². The maximum atomic E-state index is 11.6. The van der Waals surface area contributed by atoms with Gasteiger partial charge in [0.05, 0.1) is 0 Å². The number of carbonyl (C=O) groups excluding carboxylic acids is 1. The van der Waals surface area contributed by atoms with E-state index in [4.69, 9.17) is 0 Å². The van der Waals surface area contributed by atoms with Crippen molar-refractivity contribution in [1.29, 1.82) is 0 Å². The van der Waals surface area contributed by atoms with E-state index in [0.29, 0.717) is 6.54 Å². The lowest BCUT2D eigenvalue weighted by molar-refractivity contribution is -0.116. The molecule has 1 aromatic carbocycles. The SMILES string of the molecule is Cc1cccc(CNC(=O)/C=C/c2cccs2)c1. The third kappa shape index (κ3) is 3.86. The average Bonchev–Trinajstić information content (AvgIpc) is 2.87. The van der Waals surface area contributed by atoms with Crippen LogP contribution in [0.3, 0.4) is 0 Å². The number of nitrogens with one attached hydrogen (secondary N) is 1. The summed E-state index contributed by atoms with van der Waals surface area (Å²) in [4.78, 5) is 12.7. The van der Waals surface area contributed by atoms with Crippen LogP contribution in [0.2, 0.25) is 0 Å². The number of benzene rings is 1. The molecule has 0 spiro atoms. The Labute approximate surface area is 111 Å². The van der Waals surface area contributed by atoms with Gasteiger partial charge in [0, 0.05) is 17.5 Å². The van der Waals surface area contributed by atoms with Crippen molar-refractivity contribution in [2.75, 3.05) is 0 Å². The molecular weight excluding hydrogens is 242 g/mol. The minimum absolute atomic E-state index is 0.0649. The van der Waals surface area contributed by atoms with Crippen LogP contribution >= 0.6 is 11.3 Å². The molecule has 18 heavy (non-hydrogen) atoms. The summed E-state index contributed by atoms with van der Waals surface area (Å²) in [5, 5.41) is 4.86. The quantitative estimate of drug-likeness (QED) is 0.836. The minimum atomic E-state index is -0.0649. The van der Waals surface area contributed by atoms with Crippen LogP contribution in [0.5, 0.6) is 0 Å². The first-order chi connectivity index (χ1) is 8.74. The zero-order valence-electron chi connectivity index (χ0n) is 10.2. The minimum Gasteiger partial charge on any atom is -0.348 e. The molecule has 0 bridgehead atoms. The second-order valence-electron chi connectivity index (χ2n) is 4.06. The van der Waals surface area contributed by atoms with E-state index in [1.807, 2.05) is 48.7 Å². The molecular formula is C15H15NOS. The summed E-state index contributed by atoms with van der Waals surface area (Å²) in [6, 6.07) is 12.1. The van der Waals surface area contributed by atoms with E-state index in [1.54, 1.807) is 17.4 Å². The summed E-state index contributed by atoms with van der Waals surface area (Å²) >= 11 is 1.61. The highest BCUT2D eigenvalue weighted by molar-refractivity contribution is 7.10. The number of rotatable bonds is 4. The van der Waals surface area contributed by atoms with Crippen LogP contribution in [0.4, 0.5) is 0 Å². The van der Waals surface area contributed by atoms with Crippen molar-refractivity contribution in [3.8, 4) is 0 Å². The largest absolute Gasteiger partial charge is 0.348 e. The molecule has 2 nitrogen and oxygen atoms in total. The smallest absolute Gasteiger partial charge is 0.244 e. The van der Waals surface area contributed by atoms with Gasteiger partial charge in [-0.3, -0.25) is 4.79 Å². The van der Waals surface area contributed by atoms with Crippen LogP contribution in [-0.2, 0) is 11.3 Å². The van der Waals surface area contributed by atoms with Crippen molar-refractivity contribution in [3.05, 3.63) is 63.9 Å². The lowest BCUT2D eigenvalue weighted by Gasteiger charge is -2.03. The van der Waals surface area contributed by atoms with Crippen LogP contribution in [-0.4, -0.2) is 5.91 Å². The molecule has 92 valence electrons. The maximum absolute atomic E-state index is 11.6. The van der Waals surface area contributed by atoms with Gasteiger partial charge < -0.3 is 5.32 Å². The Hall–Kier alpha value is -1.87. The number of hydrogen-bond donors (Lipinski definition) is 1. The summed E-state index contributed by atoms with van der Waals surface area (Å²) in [6.07, 6.45) is 3.40. The van der Waals surface area contributed by atoms with Gasteiger partial charge in [0.25, 0.3) is 0 Å². The first-order valence-corrected chi connectivity index (χ1v) is 6.67. The molecule has 0 aliphatic carbocycles. The van der Waals surface area contributed by atoms with Crippen LogP contribution in [0.25, 0.3) is 6.08 Å². The molecule has 2 rings (SSSR count). The number of thiophene rings is 1. The fraction of sp³-hybridized carbons (Fsp3) is 0.133. The zero-order valence-corrected chi connectivity index (χ0v) is 11.0. The Morgan fingerprint density at radius 3 is 2.94 bits per heavy atom. The van der Waals surface area contributed by atoms with Crippen molar-refractivity contribution in [2.45, 2.75) is 13.5 Å². The number of amides is 1. The molecule has 1 amide bonds. The van der Waals surface area contributed by atoms with Crippen molar-refractivity contribution in [2.24, 2.45) is 0 Å². The molecule has 0 saturated carbocycles. The Morgan fingerprint density at radius 1 is 1.33 bits per heavy atom. The zero-order chi connectivity index (χ0) is 12.8. The molecule has 0 saturated heterocycles. The maximum Gasteiger partial charge on any atom is 0.244 e. The Morgan fingerprint density at radius 2 is 2.22 bits per heavy atom. The molecule has 0 fully saturated rings. The molecule has 0 aliphatic rings. The van der Waals surface area contributed by atoms with Crippen LogP contribution in [0.1, 0.15) is 16.0 Å². The molecule has 0 aliphatic heterocycles. The van der Waals surface area contributed by atoms with Crippen LogP contribution < -0.4 is 5.32 Å². The summed E-state index contributed by atoms with van der Waals surface area (Å²) in [7, 11) is 0. The van der Waals surface area contributed by atoms with E-state index in [0.717, 1.165) is 10.4 Å².